The Kier molecular flexibility index (Phi) is 4.35. The summed E-state index contributed by atoms with van der Waals surface area (Å²) in [6.07, 6.45) is 4.13. The lowest BCUT2D eigenvalue weighted by atomic mass is 9.81. The largest absolute Gasteiger partial charge is 0.508 e. The molecule has 5 heteroatoms. The maximum absolute atomic E-state index is 12.2. The van der Waals surface area contributed by atoms with Crippen molar-refractivity contribution in [3.8, 4) is 11.5 Å². The molecule has 0 saturated heterocycles. The minimum Gasteiger partial charge on any atom is -0.508 e. The van der Waals surface area contributed by atoms with E-state index in [1.165, 1.54) is 6.07 Å². The molecular weight excluding hydrogens is 368 g/mol. The third-order valence-corrected chi connectivity index (χ3v) is 5.16. The normalized spacial score (nSPS) is 17.9. The van der Waals surface area contributed by atoms with Gasteiger partial charge < -0.3 is 20.1 Å². The number of aromatic hydroxyl groups is 1. The zero-order valence-corrected chi connectivity index (χ0v) is 16.4. The lowest BCUT2D eigenvalue weighted by molar-refractivity contribution is 0.0696. The molecule has 2 aromatic carbocycles. The van der Waals surface area contributed by atoms with Crippen LogP contribution in [0.5, 0.6) is 11.5 Å². The van der Waals surface area contributed by atoms with Crippen LogP contribution in [0.3, 0.4) is 0 Å². The van der Waals surface area contributed by atoms with Crippen molar-refractivity contribution in [2.24, 2.45) is 0 Å². The summed E-state index contributed by atoms with van der Waals surface area (Å²) in [5.74, 6) is -0.130. The Hall–Kier alpha value is -3.31. The van der Waals surface area contributed by atoms with Gasteiger partial charge >= 0.3 is 5.97 Å². The predicted molar refractivity (Wildman–Crippen MR) is 110 cm³/mol. The number of aliphatic hydroxyl groups is 1. The van der Waals surface area contributed by atoms with Crippen LogP contribution >= 0.6 is 0 Å². The maximum Gasteiger partial charge on any atom is 0.336 e. The molecule has 2 aromatic rings. The first-order valence-corrected chi connectivity index (χ1v) is 9.37. The van der Waals surface area contributed by atoms with E-state index in [0.717, 1.165) is 5.56 Å². The fraction of sp³-hybridized carbons (Fsp3) is 0.208. The van der Waals surface area contributed by atoms with Gasteiger partial charge in [-0.1, -0.05) is 45.1 Å². The molecule has 0 radical (unpaired) electrons. The number of allylic oxidation sites excluding steroid dienone is 1. The summed E-state index contributed by atoms with van der Waals surface area (Å²) >= 11 is 0. The van der Waals surface area contributed by atoms with Gasteiger partial charge in [-0.05, 0) is 40.8 Å². The summed E-state index contributed by atoms with van der Waals surface area (Å²) in [7, 11) is 0. The van der Waals surface area contributed by atoms with Gasteiger partial charge in [0.25, 0.3) is 0 Å². The molecule has 1 aliphatic carbocycles. The van der Waals surface area contributed by atoms with E-state index in [2.05, 4.69) is 0 Å². The average Bonchev–Trinajstić information content (AvgIpc) is 2.64. The van der Waals surface area contributed by atoms with E-state index < -0.39 is 12.1 Å². The number of hydrogen-bond acceptors (Lipinski definition) is 4. The van der Waals surface area contributed by atoms with Crippen molar-refractivity contribution in [3.63, 3.8) is 0 Å². The van der Waals surface area contributed by atoms with E-state index >= 15 is 0 Å². The molecule has 0 amide bonds. The number of aromatic carboxylic acids is 1. The fourth-order valence-electron chi connectivity index (χ4n) is 3.63. The number of ether oxygens (including phenoxy) is 1. The first-order valence-electron chi connectivity index (χ1n) is 9.37. The number of carbonyl (C=O) groups is 1. The quantitative estimate of drug-likeness (QED) is 0.708. The van der Waals surface area contributed by atoms with Crippen molar-refractivity contribution < 1.29 is 24.9 Å². The minimum absolute atomic E-state index is 0.0422. The third-order valence-electron chi connectivity index (χ3n) is 5.16. The van der Waals surface area contributed by atoms with Crippen molar-refractivity contribution in [3.05, 3.63) is 88.2 Å². The number of hydrogen-bond donors (Lipinski definition) is 3. The SMILES string of the molecule is CC(C)(C)c1ccc(C2=C3C=CC(O)C=C3Oc3cc(O)ccc32)c(C(=O)O)c1. The minimum atomic E-state index is -1.02. The smallest absolute Gasteiger partial charge is 0.336 e. The van der Waals surface area contributed by atoms with Crippen LogP contribution in [0.2, 0.25) is 0 Å². The van der Waals surface area contributed by atoms with Crippen molar-refractivity contribution in [1.82, 2.24) is 0 Å². The molecule has 1 aliphatic heterocycles. The number of fused-ring (bicyclic) bond motifs is 2. The summed E-state index contributed by atoms with van der Waals surface area (Å²) in [5, 5.41) is 29.8. The van der Waals surface area contributed by atoms with Crippen molar-refractivity contribution >= 4 is 11.5 Å². The van der Waals surface area contributed by atoms with Gasteiger partial charge in [0.05, 0.1) is 11.7 Å². The highest BCUT2D eigenvalue weighted by Crippen LogP contribution is 2.45. The summed E-state index contributed by atoms with van der Waals surface area (Å²) in [4.78, 5) is 12.2. The predicted octanol–water partition coefficient (Wildman–Crippen LogP) is 4.40. The first kappa shape index (κ1) is 19.0. The highest BCUT2D eigenvalue weighted by atomic mass is 16.5. The molecule has 1 heterocycles. The monoisotopic (exact) mass is 390 g/mol. The molecule has 2 aliphatic rings. The van der Waals surface area contributed by atoms with Gasteiger partial charge in [0.15, 0.2) is 0 Å². The van der Waals surface area contributed by atoms with Gasteiger partial charge in [-0.3, -0.25) is 0 Å². The van der Waals surface area contributed by atoms with Crippen molar-refractivity contribution in [2.75, 3.05) is 0 Å². The van der Waals surface area contributed by atoms with E-state index in [1.54, 1.807) is 36.4 Å². The van der Waals surface area contributed by atoms with Crippen LogP contribution in [0, 0.1) is 0 Å². The second-order valence-electron chi connectivity index (χ2n) is 8.27. The maximum atomic E-state index is 12.2. The zero-order valence-electron chi connectivity index (χ0n) is 16.4. The topological polar surface area (TPSA) is 87.0 Å². The van der Waals surface area contributed by atoms with Crippen LogP contribution in [0.25, 0.3) is 5.57 Å². The van der Waals surface area contributed by atoms with E-state index in [1.807, 2.05) is 32.9 Å². The lowest BCUT2D eigenvalue weighted by Gasteiger charge is -2.28. The first-order chi connectivity index (χ1) is 13.6. The van der Waals surface area contributed by atoms with Crippen molar-refractivity contribution in [1.29, 1.82) is 0 Å². The molecule has 1 atom stereocenters. The van der Waals surface area contributed by atoms with Crippen molar-refractivity contribution in [2.45, 2.75) is 32.3 Å². The van der Waals surface area contributed by atoms with Gasteiger partial charge in [0.1, 0.15) is 17.3 Å². The van der Waals surface area contributed by atoms with Crippen LogP contribution < -0.4 is 4.74 Å². The molecule has 4 rings (SSSR count). The average molecular weight is 390 g/mol. The number of carboxylic acids is 1. The number of rotatable bonds is 2. The number of benzene rings is 2. The van der Waals surface area contributed by atoms with Crippen LogP contribution in [0.4, 0.5) is 0 Å². The van der Waals surface area contributed by atoms with Gasteiger partial charge in [-0.2, -0.15) is 0 Å². The Balaban J connectivity index is 2.03. The second-order valence-corrected chi connectivity index (χ2v) is 8.27. The molecule has 0 fully saturated rings. The van der Waals surface area contributed by atoms with E-state index in [9.17, 15) is 20.1 Å². The van der Waals surface area contributed by atoms with E-state index in [4.69, 9.17) is 4.74 Å². The van der Waals surface area contributed by atoms with Crippen LogP contribution in [0.1, 0.15) is 47.8 Å². The standard InChI is InChI=1S/C24H22O5/c1-24(2,3)13-4-7-16(19(10-13)23(27)28)22-17-8-5-14(25)11-20(17)29-21-12-15(26)6-9-18(21)22/h4-12,14,25-26H,1-3H3,(H,27,28). The van der Waals surface area contributed by atoms with Crippen LogP contribution in [-0.4, -0.2) is 27.4 Å². The molecule has 0 aromatic heterocycles. The number of phenols is 1. The Bertz CT molecular complexity index is 1110. The Morgan fingerprint density at radius 1 is 1.07 bits per heavy atom. The Labute approximate surface area is 168 Å². The Morgan fingerprint density at radius 2 is 1.79 bits per heavy atom. The highest BCUT2D eigenvalue weighted by Gasteiger charge is 2.30. The van der Waals surface area contributed by atoms with E-state index in [0.29, 0.717) is 33.8 Å². The Morgan fingerprint density at radius 3 is 2.48 bits per heavy atom. The summed E-state index contributed by atoms with van der Waals surface area (Å²) in [6.45, 7) is 6.11. The van der Waals surface area contributed by atoms with Gasteiger partial charge in [-0.25, -0.2) is 4.79 Å². The van der Waals surface area contributed by atoms with Gasteiger partial charge in [0, 0.05) is 22.8 Å². The van der Waals surface area contributed by atoms with Crippen LogP contribution in [-0.2, 0) is 5.41 Å². The fourth-order valence-corrected chi connectivity index (χ4v) is 3.63. The molecule has 29 heavy (non-hydrogen) atoms. The molecule has 3 N–H and O–H groups in total. The summed E-state index contributed by atoms with van der Waals surface area (Å²) < 4.78 is 5.90. The second kappa shape index (κ2) is 6.64. The zero-order chi connectivity index (χ0) is 20.9. The molecule has 0 spiro atoms. The summed E-state index contributed by atoms with van der Waals surface area (Å²) in [5.41, 5.74) is 3.55. The summed E-state index contributed by atoms with van der Waals surface area (Å²) in [6, 6.07) is 10.2. The van der Waals surface area contributed by atoms with Gasteiger partial charge in [-0.15, -0.1) is 0 Å². The molecule has 0 bridgehead atoms. The lowest BCUT2D eigenvalue weighted by Crippen LogP contribution is -2.18. The molecule has 0 saturated carbocycles. The third kappa shape index (κ3) is 3.34. The molecule has 148 valence electrons. The van der Waals surface area contributed by atoms with Crippen LogP contribution in [0.15, 0.2) is 66.0 Å². The number of carboxylic acid groups (broad SMARTS) is 1. The van der Waals surface area contributed by atoms with Gasteiger partial charge in [0.2, 0.25) is 0 Å². The molecule has 5 nitrogen and oxygen atoms in total. The number of aliphatic hydroxyl groups excluding tert-OH is 1. The van der Waals surface area contributed by atoms with E-state index in [-0.39, 0.29) is 16.7 Å². The number of phenolic OH excluding ortho intramolecular Hbond substituents is 1. The molecule has 1 unspecified atom stereocenters. The highest BCUT2D eigenvalue weighted by molar-refractivity contribution is 6.00. The molecular formula is C24H22O5.